The first kappa shape index (κ1) is 15.5. The standard InChI is InChI=1S/C15H20N6O2S/c1-19-8-7-16-15(19)24(22,23)20(2)12-9-21(10-12)14-6-5-13(17-18-14)11-3-4-11/h5-8,11-12H,3-4,9-10H2,1-2H3. The molecule has 0 spiro atoms. The molecule has 0 aromatic carbocycles. The molecule has 0 amide bonds. The van der Waals surface area contributed by atoms with Gasteiger partial charge in [0.25, 0.3) is 10.0 Å². The fourth-order valence-electron chi connectivity index (χ4n) is 2.90. The molecule has 9 heteroatoms. The van der Waals surface area contributed by atoms with Crippen LogP contribution in [0.4, 0.5) is 5.82 Å². The van der Waals surface area contributed by atoms with Gasteiger partial charge in [0.15, 0.2) is 5.82 Å². The third kappa shape index (κ3) is 2.57. The van der Waals surface area contributed by atoms with E-state index in [2.05, 4.69) is 15.2 Å². The third-order valence-corrected chi connectivity index (χ3v) is 6.67. The van der Waals surface area contributed by atoms with Crippen LogP contribution in [-0.4, -0.2) is 58.7 Å². The highest BCUT2D eigenvalue weighted by atomic mass is 32.2. The molecular formula is C15H20N6O2S. The molecule has 0 radical (unpaired) electrons. The van der Waals surface area contributed by atoms with Gasteiger partial charge < -0.3 is 9.47 Å². The van der Waals surface area contributed by atoms with Crippen molar-refractivity contribution in [1.29, 1.82) is 0 Å². The molecule has 1 aliphatic heterocycles. The largest absolute Gasteiger partial charge is 0.352 e. The lowest BCUT2D eigenvalue weighted by molar-refractivity contribution is 0.306. The first-order valence-electron chi connectivity index (χ1n) is 8.01. The second-order valence-electron chi connectivity index (χ2n) is 6.49. The summed E-state index contributed by atoms with van der Waals surface area (Å²) in [5.74, 6) is 1.39. The molecule has 2 aromatic heterocycles. The predicted octanol–water partition coefficient (Wildman–Crippen LogP) is 0.597. The Morgan fingerprint density at radius 2 is 1.96 bits per heavy atom. The minimum atomic E-state index is -3.58. The highest BCUT2D eigenvalue weighted by Crippen LogP contribution is 2.39. The van der Waals surface area contributed by atoms with E-state index in [0.29, 0.717) is 19.0 Å². The van der Waals surface area contributed by atoms with Crippen molar-refractivity contribution in [2.45, 2.75) is 30.0 Å². The summed E-state index contributed by atoms with van der Waals surface area (Å²) in [6.07, 6.45) is 5.53. The summed E-state index contributed by atoms with van der Waals surface area (Å²) in [5.41, 5.74) is 1.06. The molecule has 128 valence electrons. The zero-order chi connectivity index (χ0) is 16.9. The molecule has 1 saturated heterocycles. The van der Waals surface area contributed by atoms with Crippen LogP contribution in [0.2, 0.25) is 0 Å². The fraction of sp³-hybridized carbons (Fsp3) is 0.533. The Balaban J connectivity index is 1.42. The number of nitrogens with zero attached hydrogens (tertiary/aromatic N) is 6. The summed E-state index contributed by atoms with van der Waals surface area (Å²) in [5, 5.41) is 8.62. The van der Waals surface area contributed by atoms with E-state index in [1.807, 2.05) is 17.0 Å². The molecule has 0 N–H and O–H groups in total. The van der Waals surface area contributed by atoms with Crippen LogP contribution in [0, 0.1) is 0 Å². The normalized spacial score (nSPS) is 18.9. The molecule has 24 heavy (non-hydrogen) atoms. The second kappa shape index (κ2) is 5.52. The van der Waals surface area contributed by atoms with Gasteiger partial charge in [0.2, 0.25) is 5.16 Å². The maximum atomic E-state index is 12.6. The van der Waals surface area contributed by atoms with E-state index in [1.165, 1.54) is 27.9 Å². The van der Waals surface area contributed by atoms with Crippen molar-refractivity contribution in [3.05, 3.63) is 30.2 Å². The van der Waals surface area contributed by atoms with Crippen molar-refractivity contribution in [3.8, 4) is 0 Å². The first-order valence-corrected chi connectivity index (χ1v) is 9.45. The van der Waals surface area contributed by atoms with Crippen molar-refractivity contribution in [2.24, 2.45) is 7.05 Å². The van der Waals surface area contributed by atoms with E-state index in [9.17, 15) is 8.42 Å². The lowest BCUT2D eigenvalue weighted by Crippen LogP contribution is -2.60. The monoisotopic (exact) mass is 348 g/mol. The molecular weight excluding hydrogens is 328 g/mol. The molecule has 3 heterocycles. The number of anilines is 1. The zero-order valence-corrected chi connectivity index (χ0v) is 14.5. The van der Waals surface area contributed by atoms with E-state index in [-0.39, 0.29) is 11.2 Å². The van der Waals surface area contributed by atoms with Gasteiger partial charge in [-0.15, -0.1) is 5.10 Å². The smallest absolute Gasteiger partial charge is 0.277 e. The van der Waals surface area contributed by atoms with E-state index < -0.39 is 10.0 Å². The van der Waals surface area contributed by atoms with E-state index in [1.54, 1.807) is 20.3 Å². The van der Waals surface area contributed by atoms with Gasteiger partial charge in [0.05, 0.1) is 11.7 Å². The molecule has 2 fully saturated rings. The molecule has 0 unspecified atom stereocenters. The number of likely N-dealkylation sites (N-methyl/N-ethyl adjacent to an activating group) is 1. The molecule has 1 aliphatic carbocycles. The fourth-order valence-corrected chi connectivity index (χ4v) is 4.30. The predicted molar refractivity (Wildman–Crippen MR) is 88.2 cm³/mol. The lowest BCUT2D eigenvalue weighted by atomic mass is 10.1. The molecule has 1 saturated carbocycles. The van der Waals surface area contributed by atoms with Crippen molar-refractivity contribution < 1.29 is 8.42 Å². The number of hydrogen-bond acceptors (Lipinski definition) is 6. The van der Waals surface area contributed by atoms with Gasteiger partial charge in [-0.25, -0.2) is 13.4 Å². The summed E-state index contributed by atoms with van der Waals surface area (Å²) in [4.78, 5) is 6.00. The van der Waals surface area contributed by atoms with Crippen LogP contribution in [0.15, 0.2) is 29.7 Å². The van der Waals surface area contributed by atoms with Gasteiger partial charge in [-0.1, -0.05) is 0 Å². The molecule has 8 nitrogen and oxygen atoms in total. The van der Waals surface area contributed by atoms with E-state index in [0.717, 1.165) is 11.5 Å². The summed E-state index contributed by atoms with van der Waals surface area (Å²) < 4.78 is 28.1. The van der Waals surface area contributed by atoms with Gasteiger partial charge in [-0.2, -0.15) is 9.40 Å². The average Bonchev–Trinajstić information content (AvgIpc) is 3.27. The highest BCUT2D eigenvalue weighted by Gasteiger charge is 2.39. The maximum absolute atomic E-state index is 12.6. The quantitative estimate of drug-likeness (QED) is 0.787. The number of hydrogen-bond donors (Lipinski definition) is 0. The Morgan fingerprint density at radius 3 is 2.50 bits per heavy atom. The molecule has 2 aliphatic rings. The number of aromatic nitrogens is 4. The molecule has 4 rings (SSSR count). The van der Waals surface area contributed by atoms with Crippen molar-refractivity contribution in [2.75, 3.05) is 25.0 Å². The van der Waals surface area contributed by atoms with Crippen LogP contribution in [0.5, 0.6) is 0 Å². The number of imidazole rings is 1. The van der Waals surface area contributed by atoms with Crippen LogP contribution in [0.25, 0.3) is 0 Å². The average molecular weight is 348 g/mol. The first-order chi connectivity index (χ1) is 11.5. The third-order valence-electron chi connectivity index (χ3n) is 4.75. The van der Waals surface area contributed by atoms with Gasteiger partial charge in [0, 0.05) is 45.5 Å². The summed E-state index contributed by atoms with van der Waals surface area (Å²) >= 11 is 0. The lowest BCUT2D eigenvalue weighted by Gasteiger charge is -2.43. The minimum absolute atomic E-state index is 0.0667. The van der Waals surface area contributed by atoms with Crippen molar-refractivity contribution in [3.63, 3.8) is 0 Å². The van der Waals surface area contributed by atoms with Gasteiger partial charge in [0.1, 0.15) is 0 Å². The number of sulfonamides is 1. The maximum Gasteiger partial charge on any atom is 0.277 e. The number of aryl methyl sites for hydroxylation is 1. The topological polar surface area (TPSA) is 84.2 Å². The summed E-state index contributed by atoms with van der Waals surface area (Å²) in [6, 6.07) is 3.92. The van der Waals surface area contributed by atoms with Crippen LogP contribution in [0.3, 0.4) is 0 Å². The Bertz CT molecular complexity index is 837. The van der Waals surface area contributed by atoms with E-state index in [4.69, 9.17) is 0 Å². The number of rotatable bonds is 5. The Labute approximate surface area is 141 Å². The van der Waals surface area contributed by atoms with Gasteiger partial charge in [-0.3, -0.25) is 0 Å². The van der Waals surface area contributed by atoms with Crippen LogP contribution in [0.1, 0.15) is 24.5 Å². The van der Waals surface area contributed by atoms with Gasteiger partial charge >= 0.3 is 0 Å². The Kier molecular flexibility index (Phi) is 3.57. The zero-order valence-electron chi connectivity index (χ0n) is 13.7. The molecule has 0 bridgehead atoms. The van der Waals surface area contributed by atoms with Crippen molar-refractivity contribution in [1.82, 2.24) is 24.1 Å². The van der Waals surface area contributed by atoms with Gasteiger partial charge in [-0.05, 0) is 25.0 Å². The molecule has 2 aromatic rings. The Morgan fingerprint density at radius 1 is 1.21 bits per heavy atom. The SMILES string of the molecule is CN(C1CN(c2ccc(C3CC3)nn2)C1)S(=O)(=O)c1nccn1C. The summed E-state index contributed by atoms with van der Waals surface area (Å²) in [7, 11) is -0.296. The summed E-state index contributed by atoms with van der Waals surface area (Å²) in [6.45, 7) is 1.22. The second-order valence-corrected chi connectivity index (χ2v) is 8.38. The molecule has 0 atom stereocenters. The van der Waals surface area contributed by atoms with Crippen LogP contribution >= 0.6 is 0 Å². The van der Waals surface area contributed by atoms with E-state index >= 15 is 0 Å². The highest BCUT2D eigenvalue weighted by molar-refractivity contribution is 7.89. The Hall–Kier alpha value is -2.00. The van der Waals surface area contributed by atoms with Crippen LogP contribution in [-0.2, 0) is 17.1 Å². The minimum Gasteiger partial charge on any atom is -0.352 e. The van der Waals surface area contributed by atoms with Crippen molar-refractivity contribution >= 4 is 15.8 Å². The van der Waals surface area contributed by atoms with Crippen LogP contribution < -0.4 is 4.90 Å².